The van der Waals surface area contributed by atoms with Crippen LogP contribution in [0.5, 0.6) is 0 Å². The van der Waals surface area contributed by atoms with Crippen LogP contribution in [-0.4, -0.2) is 18.5 Å². The molecule has 0 saturated heterocycles. The molecule has 0 spiro atoms. The SMILES string of the molecule is Cc1cc(CO)cc(S(=O)(=O)Nc2cccnc2C)c1C. The monoisotopic (exact) mass is 306 g/mol. The zero-order valence-electron chi connectivity index (χ0n) is 12.2. The van der Waals surface area contributed by atoms with Crippen LogP contribution in [0.4, 0.5) is 5.69 Å². The lowest BCUT2D eigenvalue weighted by molar-refractivity contribution is 0.281. The van der Waals surface area contributed by atoms with Crippen LogP contribution in [0.25, 0.3) is 0 Å². The molecule has 21 heavy (non-hydrogen) atoms. The first-order valence-electron chi connectivity index (χ1n) is 6.50. The Balaban J connectivity index is 2.50. The summed E-state index contributed by atoms with van der Waals surface area (Å²) in [6.07, 6.45) is 1.61. The van der Waals surface area contributed by atoms with Crippen LogP contribution in [-0.2, 0) is 16.6 Å². The van der Waals surface area contributed by atoms with Gasteiger partial charge in [0.1, 0.15) is 0 Å². The van der Waals surface area contributed by atoms with Crippen molar-refractivity contribution in [2.75, 3.05) is 4.72 Å². The number of nitrogens with zero attached hydrogens (tertiary/aromatic N) is 1. The van der Waals surface area contributed by atoms with Gasteiger partial charge in [0.25, 0.3) is 10.0 Å². The van der Waals surface area contributed by atoms with Crippen LogP contribution >= 0.6 is 0 Å². The van der Waals surface area contributed by atoms with E-state index in [1.54, 1.807) is 38.2 Å². The third kappa shape index (κ3) is 3.22. The lowest BCUT2D eigenvalue weighted by atomic mass is 10.1. The van der Waals surface area contributed by atoms with Crippen LogP contribution < -0.4 is 4.72 Å². The highest BCUT2D eigenvalue weighted by Gasteiger charge is 2.20. The van der Waals surface area contributed by atoms with Crippen LogP contribution in [0.1, 0.15) is 22.4 Å². The Hall–Kier alpha value is -1.92. The molecule has 2 rings (SSSR count). The standard InChI is InChI=1S/C15H18N2O3S/c1-10-7-13(9-18)8-15(11(10)2)21(19,20)17-14-5-4-6-16-12(14)3/h4-8,17-18H,9H2,1-3H3. The van der Waals surface area contributed by atoms with Gasteiger partial charge in [0.15, 0.2) is 0 Å². The van der Waals surface area contributed by atoms with Gasteiger partial charge in [-0.25, -0.2) is 8.42 Å². The van der Waals surface area contributed by atoms with Gasteiger partial charge in [-0.15, -0.1) is 0 Å². The van der Waals surface area contributed by atoms with E-state index in [9.17, 15) is 13.5 Å². The summed E-state index contributed by atoms with van der Waals surface area (Å²) in [5.41, 5.74) is 3.12. The Morgan fingerprint density at radius 1 is 1.24 bits per heavy atom. The number of rotatable bonds is 4. The van der Waals surface area contributed by atoms with Gasteiger partial charge in [0.2, 0.25) is 0 Å². The first-order valence-corrected chi connectivity index (χ1v) is 7.99. The highest BCUT2D eigenvalue weighted by atomic mass is 32.2. The van der Waals surface area contributed by atoms with E-state index in [0.717, 1.165) is 5.56 Å². The van der Waals surface area contributed by atoms with Crippen LogP contribution in [0, 0.1) is 20.8 Å². The maximum Gasteiger partial charge on any atom is 0.262 e. The summed E-state index contributed by atoms with van der Waals surface area (Å²) in [4.78, 5) is 4.24. The minimum Gasteiger partial charge on any atom is -0.392 e. The van der Waals surface area contributed by atoms with Gasteiger partial charge < -0.3 is 5.11 Å². The lowest BCUT2D eigenvalue weighted by Crippen LogP contribution is -2.16. The molecule has 1 aromatic carbocycles. The zero-order chi connectivity index (χ0) is 15.6. The predicted molar refractivity (Wildman–Crippen MR) is 81.6 cm³/mol. The van der Waals surface area contributed by atoms with E-state index in [4.69, 9.17) is 0 Å². The molecule has 0 amide bonds. The molecule has 0 aliphatic carbocycles. The Bertz CT molecular complexity index is 770. The van der Waals surface area contributed by atoms with Crippen molar-refractivity contribution in [1.82, 2.24) is 4.98 Å². The average molecular weight is 306 g/mol. The second kappa shape index (κ2) is 5.83. The summed E-state index contributed by atoms with van der Waals surface area (Å²) < 4.78 is 27.7. The van der Waals surface area contributed by atoms with Crippen LogP contribution in [0.2, 0.25) is 0 Å². The zero-order valence-corrected chi connectivity index (χ0v) is 13.0. The van der Waals surface area contributed by atoms with Crippen molar-refractivity contribution < 1.29 is 13.5 Å². The van der Waals surface area contributed by atoms with Crippen LogP contribution in [0.15, 0.2) is 35.4 Å². The summed E-state index contributed by atoms with van der Waals surface area (Å²) >= 11 is 0. The highest BCUT2D eigenvalue weighted by molar-refractivity contribution is 7.92. The molecule has 0 saturated carbocycles. The molecule has 1 heterocycles. The van der Waals surface area contributed by atoms with Crippen molar-refractivity contribution in [3.05, 3.63) is 52.8 Å². The van der Waals surface area contributed by atoms with E-state index >= 15 is 0 Å². The van der Waals surface area contributed by atoms with E-state index < -0.39 is 10.0 Å². The molecule has 0 atom stereocenters. The van der Waals surface area contributed by atoms with Gasteiger partial charge in [0.05, 0.1) is 22.9 Å². The van der Waals surface area contributed by atoms with Gasteiger partial charge in [-0.3, -0.25) is 9.71 Å². The predicted octanol–water partition coefficient (Wildman–Crippen LogP) is 2.30. The quantitative estimate of drug-likeness (QED) is 0.908. The first-order chi connectivity index (χ1) is 9.85. The molecular weight excluding hydrogens is 288 g/mol. The summed E-state index contributed by atoms with van der Waals surface area (Å²) in [7, 11) is -3.72. The van der Waals surface area contributed by atoms with Crippen molar-refractivity contribution in [2.24, 2.45) is 0 Å². The molecule has 0 aliphatic heterocycles. The third-order valence-electron chi connectivity index (χ3n) is 3.40. The van der Waals surface area contributed by atoms with E-state index in [0.29, 0.717) is 22.5 Å². The normalized spacial score (nSPS) is 11.4. The van der Waals surface area contributed by atoms with Gasteiger partial charge in [0, 0.05) is 6.20 Å². The number of pyridine rings is 1. The van der Waals surface area contributed by atoms with Gasteiger partial charge in [-0.1, -0.05) is 6.07 Å². The summed E-state index contributed by atoms with van der Waals surface area (Å²) in [5.74, 6) is 0. The van der Waals surface area contributed by atoms with E-state index in [2.05, 4.69) is 9.71 Å². The topological polar surface area (TPSA) is 79.3 Å². The lowest BCUT2D eigenvalue weighted by Gasteiger charge is -2.14. The number of aliphatic hydroxyl groups is 1. The Morgan fingerprint density at radius 3 is 2.57 bits per heavy atom. The third-order valence-corrected chi connectivity index (χ3v) is 4.89. The number of anilines is 1. The fraction of sp³-hybridized carbons (Fsp3) is 0.267. The number of aliphatic hydroxyl groups excluding tert-OH is 1. The number of nitrogens with one attached hydrogen (secondary N) is 1. The second-order valence-corrected chi connectivity index (χ2v) is 6.59. The van der Waals surface area contributed by atoms with Crippen LogP contribution in [0.3, 0.4) is 0 Å². The number of benzene rings is 1. The van der Waals surface area contributed by atoms with Gasteiger partial charge in [-0.2, -0.15) is 0 Å². The Morgan fingerprint density at radius 2 is 1.95 bits per heavy atom. The van der Waals surface area contributed by atoms with Crippen molar-refractivity contribution in [3.8, 4) is 0 Å². The first kappa shape index (κ1) is 15.5. The van der Waals surface area contributed by atoms with Crippen molar-refractivity contribution in [2.45, 2.75) is 32.3 Å². The minimum absolute atomic E-state index is 0.176. The van der Waals surface area contributed by atoms with Gasteiger partial charge >= 0.3 is 0 Å². The molecule has 0 aliphatic rings. The number of aryl methyl sites for hydroxylation is 2. The Kier molecular flexibility index (Phi) is 4.29. The molecule has 5 nitrogen and oxygen atoms in total. The summed E-state index contributed by atoms with van der Waals surface area (Å²) in [6, 6.07) is 6.62. The molecule has 0 bridgehead atoms. The molecular formula is C15H18N2O3S. The highest BCUT2D eigenvalue weighted by Crippen LogP contribution is 2.24. The average Bonchev–Trinajstić information content (AvgIpc) is 2.43. The number of hydrogen-bond acceptors (Lipinski definition) is 4. The summed E-state index contributed by atoms with van der Waals surface area (Å²) in [6.45, 7) is 5.11. The molecule has 6 heteroatoms. The second-order valence-electron chi connectivity index (χ2n) is 4.94. The van der Waals surface area contributed by atoms with Crippen molar-refractivity contribution >= 4 is 15.7 Å². The van der Waals surface area contributed by atoms with Crippen molar-refractivity contribution in [1.29, 1.82) is 0 Å². The molecule has 2 aromatic rings. The smallest absolute Gasteiger partial charge is 0.262 e. The largest absolute Gasteiger partial charge is 0.392 e. The maximum atomic E-state index is 12.6. The van der Waals surface area contributed by atoms with E-state index in [1.165, 1.54) is 6.07 Å². The molecule has 2 N–H and O–H groups in total. The number of aromatic nitrogens is 1. The Labute approximate surface area is 124 Å². The fourth-order valence-electron chi connectivity index (χ4n) is 2.06. The van der Waals surface area contributed by atoms with Gasteiger partial charge in [-0.05, 0) is 55.7 Å². The molecule has 0 radical (unpaired) electrons. The molecule has 1 aromatic heterocycles. The molecule has 0 unspecified atom stereocenters. The number of sulfonamides is 1. The minimum atomic E-state index is -3.72. The summed E-state index contributed by atoms with van der Waals surface area (Å²) in [5, 5.41) is 9.25. The van der Waals surface area contributed by atoms with Crippen molar-refractivity contribution in [3.63, 3.8) is 0 Å². The number of hydrogen-bond donors (Lipinski definition) is 2. The van der Waals surface area contributed by atoms with E-state index in [1.807, 2.05) is 6.92 Å². The fourth-order valence-corrected chi connectivity index (χ4v) is 3.55. The molecule has 0 fully saturated rings. The van der Waals surface area contributed by atoms with E-state index in [-0.39, 0.29) is 11.5 Å². The molecule has 112 valence electrons. The maximum absolute atomic E-state index is 12.6.